The summed E-state index contributed by atoms with van der Waals surface area (Å²) >= 11 is 0. The van der Waals surface area contributed by atoms with Gasteiger partial charge in [-0.05, 0) is 60.2 Å². The summed E-state index contributed by atoms with van der Waals surface area (Å²) in [6.45, 7) is 1.20. The Kier molecular flexibility index (Phi) is 4.23. The van der Waals surface area contributed by atoms with Crippen molar-refractivity contribution in [3.63, 3.8) is 0 Å². The fourth-order valence-corrected chi connectivity index (χ4v) is 5.31. The van der Waals surface area contributed by atoms with Gasteiger partial charge in [0.15, 0.2) is 0 Å². The van der Waals surface area contributed by atoms with Gasteiger partial charge in [0.25, 0.3) is 0 Å². The molecule has 1 heterocycles. The average molecular weight is 373 g/mol. The summed E-state index contributed by atoms with van der Waals surface area (Å²) in [4.78, 5) is 0. The van der Waals surface area contributed by atoms with Crippen molar-refractivity contribution in [2.24, 2.45) is 5.92 Å². The van der Waals surface area contributed by atoms with Gasteiger partial charge in [-0.1, -0.05) is 29.8 Å². The van der Waals surface area contributed by atoms with Crippen LogP contribution in [0.4, 0.5) is 0 Å². The first-order chi connectivity index (χ1) is 13.8. The van der Waals surface area contributed by atoms with E-state index in [-0.39, 0.29) is 6.10 Å². The van der Waals surface area contributed by atoms with E-state index in [4.69, 9.17) is 19.5 Å². The first-order valence-electron chi connectivity index (χ1n) is 9.91. The van der Waals surface area contributed by atoms with E-state index in [0.29, 0.717) is 24.7 Å². The van der Waals surface area contributed by atoms with Crippen LogP contribution >= 0.6 is 0 Å². The number of hydrogen-bond acceptors (Lipinski definition) is 4. The van der Waals surface area contributed by atoms with Crippen LogP contribution in [0.5, 0.6) is 5.75 Å². The highest BCUT2D eigenvalue weighted by molar-refractivity contribution is 5.78. The van der Waals surface area contributed by atoms with Crippen molar-refractivity contribution in [1.82, 2.24) is 0 Å². The Bertz CT molecular complexity index is 955. The van der Waals surface area contributed by atoms with Gasteiger partial charge in [-0.15, -0.1) is 0 Å². The number of hydrogen-bond donors (Lipinski definition) is 0. The molecule has 4 nitrogen and oxygen atoms in total. The first kappa shape index (κ1) is 17.5. The smallest absolute Gasteiger partial charge is 0.130 e. The molecule has 2 fully saturated rings. The largest absolute Gasteiger partial charge is 0.497 e. The van der Waals surface area contributed by atoms with Crippen molar-refractivity contribution in [3.8, 4) is 11.8 Å². The van der Waals surface area contributed by atoms with Crippen LogP contribution in [0.1, 0.15) is 36.0 Å². The third kappa shape index (κ3) is 2.44. The number of methoxy groups -OCH3 is 1. The molecule has 2 aromatic carbocycles. The second kappa shape index (κ2) is 6.77. The van der Waals surface area contributed by atoms with Gasteiger partial charge in [0.1, 0.15) is 17.5 Å². The molecule has 0 spiro atoms. The molecule has 1 saturated heterocycles. The van der Waals surface area contributed by atoms with Crippen molar-refractivity contribution >= 4 is 5.57 Å². The third-order valence-electron chi connectivity index (χ3n) is 6.45. The van der Waals surface area contributed by atoms with Gasteiger partial charge < -0.3 is 14.2 Å². The van der Waals surface area contributed by atoms with Crippen molar-refractivity contribution < 1.29 is 14.2 Å². The summed E-state index contributed by atoms with van der Waals surface area (Å²) in [7, 11) is 1.69. The molecule has 4 heteroatoms. The van der Waals surface area contributed by atoms with Gasteiger partial charge in [-0.3, -0.25) is 0 Å². The van der Waals surface area contributed by atoms with Crippen LogP contribution in [0.15, 0.2) is 54.1 Å². The van der Waals surface area contributed by atoms with Gasteiger partial charge >= 0.3 is 0 Å². The van der Waals surface area contributed by atoms with E-state index < -0.39 is 5.60 Å². The second-order valence-electron chi connectivity index (χ2n) is 7.69. The molecule has 28 heavy (non-hydrogen) atoms. The average Bonchev–Trinajstić information content (AvgIpc) is 3.34. The van der Waals surface area contributed by atoms with Crippen LogP contribution in [0.2, 0.25) is 0 Å². The fraction of sp³-hybridized carbons (Fsp3) is 0.375. The maximum Gasteiger partial charge on any atom is 0.130 e. The van der Waals surface area contributed by atoms with E-state index >= 15 is 0 Å². The van der Waals surface area contributed by atoms with E-state index in [1.807, 2.05) is 24.3 Å². The highest BCUT2D eigenvalue weighted by Crippen LogP contribution is 2.60. The summed E-state index contributed by atoms with van der Waals surface area (Å²) in [5.74, 6) is 1.18. The normalized spacial score (nSPS) is 28.6. The van der Waals surface area contributed by atoms with E-state index in [1.54, 1.807) is 7.11 Å². The zero-order chi connectivity index (χ0) is 19.1. The van der Waals surface area contributed by atoms with Crippen LogP contribution in [-0.4, -0.2) is 26.4 Å². The van der Waals surface area contributed by atoms with Gasteiger partial charge in [0, 0.05) is 5.92 Å². The van der Waals surface area contributed by atoms with Crippen LogP contribution in [0.25, 0.3) is 5.57 Å². The van der Waals surface area contributed by atoms with Crippen LogP contribution in [0, 0.1) is 17.2 Å². The molecule has 0 unspecified atom stereocenters. The van der Waals surface area contributed by atoms with E-state index in [1.165, 1.54) is 17.6 Å². The highest BCUT2D eigenvalue weighted by Gasteiger charge is 2.59. The molecule has 1 aliphatic heterocycles. The summed E-state index contributed by atoms with van der Waals surface area (Å²) in [6.07, 6.45) is 3.25. The fourth-order valence-electron chi connectivity index (χ4n) is 5.31. The lowest BCUT2D eigenvalue weighted by molar-refractivity contribution is -0.201. The SMILES string of the molecule is COc1ccc([C@@]23OCCO[C@H]2C(c2ccc(C#N)cc2)=C2CCC[C@H]23)cc1. The minimum absolute atomic E-state index is 0.122. The van der Waals surface area contributed by atoms with E-state index in [2.05, 4.69) is 30.3 Å². The Morgan fingerprint density at radius 2 is 1.86 bits per heavy atom. The lowest BCUT2D eigenvalue weighted by Crippen LogP contribution is -2.50. The first-order valence-corrected chi connectivity index (χ1v) is 9.91. The van der Waals surface area contributed by atoms with E-state index in [9.17, 15) is 0 Å². The van der Waals surface area contributed by atoms with Crippen molar-refractivity contribution in [2.45, 2.75) is 31.0 Å². The lowest BCUT2D eigenvalue weighted by Gasteiger charge is -2.44. The zero-order valence-corrected chi connectivity index (χ0v) is 16.0. The predicted octanol–water partition coefficient (Wildman–Crippen LogP) is 4.45. The Morgan fingerprint density at radius 3 is 2.57 bits per heavy atom. The standard InChI is InChI=1S/C24H23NO3/c1-26-19-11-9-18(10-12-19)24-21-4-2-3-20(21)22(23(24)27-13-14-28-24)17-7-5-16(15-25)6-8-17/h5-12,21,23H,2-4,13-14H2,1H3/t21-,23+,24+/m1/s1. The topological polar surface area (TPSA) is 51.5 Å². The van der Waals surface area contributed by atoms with Crippen molar-refractivity contribution in [3.05, 3.63) is 70.8 Å². The molecule has 0 aromatic heterocycles. The maximum absolute atomic E-state index is 9.15. The van der Waals surface area contributed by atoms with Crippen molar-refractivity contribution in [2.75, 3.05) is 20.3 Å². The zero-order valence-electron chi connectivity index (χ0n) is 16.0. The van der Waals surface area contributed by atoms with Crippen LogP contribution in [0.3, 0.4) is 0 Å². The van der Waals surface area contributed by atoms with Gasteiger partial charge in [-0.2, -0.15) is 5.26 Å². The Morgan fingerprint density at radius 1 is 1.07 bits per heavy atom. The Labute approximate surface area is 165 Å². The molecule has 5 rings (SSSR count). The Hall–Kier alpha value is -2.61. The minimum atomic E-state index is -0.473. The highest BCUT2D eigenvalue weighted by atomic mass is 16.6. The molecule has 0 radical (unpaired) electrons. The number of ether oxygens (including phenoxy) is 3. The predicted molar refractivity (Wildman–Crippen MR) is 106 cm³/mol. The molecule has 0 amide bonds. The summed E-state index contributed by atoms with van der Waals surface area (Å²) in [5.41, 5.74) is 5.24. The van der Waals surface area contributed by atoms with E-state index in [0.717, 1.165) is 29.7 Å². The molecule has 2 aromatic rings. The summed E-state index contributed by atoms with van der Waals surface area (Å²) < 4.78 is 18.4. The molecule has 2 aliphatic carbocycles. The number of nitrogens with zero attached hydrogens (tertiary/aromatic N) is 1. The number of benzene rings is 2. The lowest BCUT2D eigenvalue weighted by atomic mass is 9.78. The number of nitriles is 1. The van der Waals surface area contributed by atoms with Crippen LogP contribution < -0.4 is 4.74 Å². The molecular formula is C24H23NO3. The van der Waals surface area contributed by atoms with Gasteiger partial charge in [0.2, 0.25) is 0 Å². The second-order valence-corrected chi connectivity index (χ2v) is 7.69. The molecule has 142 valence electrons. The monoisotopic (exact) mass is 373 g/mol. The molecule has 1 saturated carbocycles. The third-order valence-corrected chi connectivity index (χ3v) is 6.45. The summed E-state index contributed by atoms with van der Waals surface area (Å²) in [6, 6.07) is 18.4. The molecule has 3 aliphatic rings. The molecular weight excluding hydrogens is 350 g/mol. The molecule has 3 atom stereocenters. The number of fused-ring (bicyclic) bond motifs is 3. The van der Waals surface area contributed by atoms with Crippen molar-refractivity contribution in [1.29, 1.82) is 5.26 Å². The minimum Gasteiger partial charge on any atom is -0.497 e. The number of rotatable bonds is 3. The summed E-state index contributed by atoms with van der Waals surface area (Å²) in [5, 5.41) is 9.15. The Balaban J connectivity index is 1.64. The molecule has 0 N–H and O–H groups in total. The quantitative estimate of drug-likeness (QED) is 0.798. The van der Waals surface area contributed by atoms with Gasteiger partial charge in [0.05, 0.1) is 32.0 Å². The maximum atomic E-state index is 9.15. The van der Waals surface area contributed by atoms with Gasteiger partial charge in [-0.25, -0.2) is 0 Å². The van der Waals surface area contributed by atoms with Crippen LogP contribution in [-0.2, 0) is 15.1 Å². The molecule has 0 bridgehead atoms.